The Morgan fingerprint density at radius 3 is 2.52 bits per heavy atom. The van der Waals surface area contributed by atoms with Crippen molar-refractivity contribution in [1.29, 1.82) is 0 Å². The zero-order valence-electron chi connectivity index (χ0n) is 13.9. The van der Waals surface area contributed by atoms with Crippen LogP contribution in [0.25, 0.3) is 0 Å². The zero-order chi connectivity index (χ0) is 16.4. The topological polar surface area (TPSA) is 41.1 Å². The lowest BCUT2D eigenvalue weighted by Gasteiger charge is -2.17. The Morgan fingerprint density at radius 2 is 1.87 bits per heavy atom. The van der Waals surface area contributed by atoms with E-state index in [0.717, 1.165) is 48.0 Å². The second kappa shape index (κ2) is 6.62. The molecule has 4 nitrogen and oxygen atoms in total. The van der Waals surface area contributed by atoms with Crippen LogP contribution in [0, 0.1) is 19.7 Å². The molecule has 2 heterocycles. The molecule has 2 aromatic rings. The quantitative estimate of drug-likeness (QED) is 0.942. The normalized spacial score (nSPS) is 18.3. The molecule has 1 aliphatic heterocycles. The summed E-state index contributed by atoms with van der Waals surface area (Å²) in [5.41, 5.74) is 3.85. The molecule has 0 spiro atoms. The second-order valence-electron chi connectivity index (χ2n) is 6.39. The monoisotopic (exact) mass is 314 g/mol. The average molecular weight is 314 g/mol. The second-order valence-corrected chi connectivity index (χ2v) is 6.39. The van der Waals surface area contributed by atoms with Gasteiger partial charge in [0, 0.05) is 19.0 Å². The first-order chi connectivity index (χ1) is 11.0. The molecule has 0 bridgehead atoms. The van der Waals surface area contributed by atoms with Crippen molar-refractivity contribution in [2.24, 2.45) is 0 Å². The third-order valence-electron chi connectivity index (χ3n) is 4.40. The van der Waals surface area contributed by atoms with Crippen LogP contribution in [0.3, 0.4) is 0 Å². The Labute approximate surface area is 136 Å². The number of likely N-dealkylation sites (tertiary alicyclic amines) is 1. The summed E-state index contributed by atoms with van der Waals surface area (Å²) < 4.78 is 13.1. The molecule has 23 heavy (non-hydrogen) atoms. The van der Waals surface area contributed by atoms with Gasteiger partial charge in [-0.25, -0.2) is 9.37 Å². The average Bonchev–Trinajstić information content (AvgIpc) is 2.92. The molecule has 1 atom stereocenters. The summed E-state index contributed by atoms with van der Waals surface area (Å²) in [4.78, 5) is 11.7. The number of likely N-dealkylation sites (N-methyl/N-ethyl adjacent to an activating group) is 1. The van der Waals surface area contributed by atoms with E-state index in [4.69, 9.17) is 9.97 Å². The number of nitrogens with zero attached hydrogens (tertiary/aromatic N) is 3. The molecule has 5 heteroatoms. The number of benzene rings is 1. The van der Waals surface area contributed by atoms with Gasteiger partial charge in [0.1, 0.15) is 11.6 Å². The first-order valence-electron chi connectivity index (χ1n) is 8.05. The van der Waals surface area contributed by atoms with Gasteiger partial charge < -0.3 is 10.2 Å². The maximum atomic E-state index is 13.1. The van der Waals surface area contributed by atoms with Gasteiger partial charge in [-0.15, -0.1) is 0 Å². The highest BCUT2D eigenvalue weighted by atomic mass is 19.1. The summed E-state index contributed by atoms with van der Waals surface area (Å²) in [5, 5.41) is 3.55. The maximum absolute atomic E-state index is 13.1. The number of anilines is 1. The van der Waals surface area contributed by atoms with Crippen molar-refractivity contribution in [2.45, 2.75) is 32.7 Å². The number of aryl methyl sites for hydroxylation is 2. The molecular formula is C18H23FN4. The minimum atomic E-state index is -0.215. The van der Waals surface area contributed by atoms with Gasteiger partial charge in [0.2, 0.25) is 0 Å². The molecule has 1 aromatic carbocycles. The van der Waals surface area contributed by atoms with Crippen LogP contribution >= 0.6 is 0 Å². The third kappa shape index (κ3) is 3.85. The predicted molar refractivity (Wildman–Crippen MR) is 90.2 cm³/mol. The number of hydrogen-bond acceptors (Lipinski definition) is 4. The zero-order valence-corrected chi connectivity index (χ0v) is 13.9. The molecule has 0 aliphatic carbocycles. The van der Waals surface area contributed by atoms with Gasteiger partial charge >= 0.3 is 0 Å². The van der Waals surface area contributed by atoms with E-state index in [-0.39, 0.29) is 5.82 Å². The van der Waals surface area contributed by atoms with E-state index < -0.39 is 0 Å². The Hall–Kier alpha value is -2.01. The van der Waals surface area contributed by atoms with E-state index in [9.17, 15) is 4.39 Å². The molecular weight excluding hydrogens is 291 g/mol. The van der Waals surface area contributed by atoms with Crippen molar-refractivity contribution in [3.8, 4) is 0 Å². The van der Waals surface area contributed by atoms with Crippen molar-refractivity contribution < 1.29 is 4.39 Å². The van der Waals surface area contributed by atoms with Gasteiger partial charge in [0.05, 0.1) is 17.1 Å². The van der Waals surface area contributed by atoms with E-state index in [1.54, 1.807) is 12.1 Å². The van der Waals surface area contributed by atoms with Crippen LogP contribution in [0.5, 0.6) is 0 Å². The summed E-state index contributed by atoms with van der Waals surface area (Å²) in [6.07, 6.45) is 1.76. The molecule has 0 radical (unpaired) electrons. The lowest BCUT2D eigenvalue weighted by Crippen LogP contribution is -2.25. The van der Waals surface area contributed by atoms with Gasteiger partial charge in [-0.2, -0.15) is 0 Å². The maximum Gasteiger partial charge on any atom is 0.148 e. The van der Waals surface area contributed by atoms with Crippen LogP contribution in [0.4, 0.5) is 10.2 Å². The Balaban J connectivity index is 1.85. The Morgan fingerprint density at radius 1 is 1.17 bits per heavy atom. The van der Waals surface area contributed by atoms with E-state index in [0.29, 0.717) is 12.5 Å². The van der Waals surface area contributed by atoms with Crippen LogP contribution in [0.15, 0.2) is 24.3 Å². The van der Waals surface area contributed by atoms with E-state index in [2.05, 4.69) is 17.3 Å². The van der Waals surface area contributed by atoms with Crippen molar-refractivity contribution >= 4 is 5.82 Å². The fourth-order valence-corrected chi connectivity index (χ4v) is 2.93. The van der Waals surface area contributed by atoms with Crippen LogP contribution in [0.1, 0.15) is 29.1 Å². The van der Waals surface area contributed by atoms with Gasteiger partial charge in [-0.3, -0.25) is 4.98 Å². The molecule has 122 valence electrons. The number of hydrogen-bond donors (Lipinski definition) is 1. The molecule has 0 saturated carbocycles. The lowest BCUT2D eigenvalue weighted by molar-refractivity contribution is 0.414. The summed E-state index contributed by atoms with van der Waals surface area (Å²) in [6.45, 7) is 6.08. The van der Waals surface area contributed by atoms with Crippen LogP contribution < -0.4 is 5.32 Å². The van der Waals surface area contributed by atoms with E-state index >= 15 is 0 Å². The first kappa shape index (κ1) is 15.9. The number of halogens is 1. The highest BCUT2D eigenvalue weighted by Gasteiger charge is 2.21. The number of aromatic nitrogens is 2. The van der Waals surface area contributed by atoms with Crippen molar-refractivity contribution in [3.05, 3.63) is 52.7 Å². The third-order valence-corrected chi connectivity index (χ3v) is 4.40. The molecule has 1 fully saturated rings. The largest absolute Gasteiger partial charge is 0.364 e. The highest BCUT2D eigenvalue weighted by Crippen LogP contribution is 2.20. The molecule has 1 aliphatic rings. The van der Waals surface area contributed by atoms with Crippen LogP contribution in [0.2, 0.25) is 0 Å². The molecule has 1 aromatic heterocycles. The highest BCUT2D eigenvalue weighted by molar-refractivity contribution is 5.45. The summed E-state index contributed by atoms with van der Waals surface area (Å²) >= 11 is 0. The SMILES string of the molecule is Cc1nc(Cc2ccc(F)cc2)c(NC2CCN(C)C2)nc1C. The van der Waals surface area contributed by atoms with Crippen LogP contribution in [-0.4, -0.2) is 41.0 Å². The summed E-state index contributed by atoms with van der Waals surface area (Å²) in [6, 6.07) is 6.99. The molecule has 3 rings (SSSR count). The van der Waals surface area contributed by atoms with Gasteiger partial charge in [0.15, 0.2) is 0 Å². The van der Waals surface area contributed by atoms with Crippen molar-refractivity contribution in [1.82, 2.24) is 14.9 Å². The summed E-state index contributed by atoms with van der Waals surface area (Å²) in [5.74, 6) is 0.644. The Bertz CT molecular complexity index is 684. The van der Waals surface area contributed by atoms with Gasteiger partial charge in [-0.05, 0) is 51.6 Å². The summed E-state index contributed by atoms with van der Waals surface area (Å²) in [7, 11) is 2.13. The lowest BCUT2D eigenvalue weighted by atomic mass is 10.1. The minimum Gasteiger partial charge on any atom is -0.364 e. The first-order valence-corrected chi connectivity index (χ1v) is 8.05. The Kier molecular flexibility index (Phi) is 4.57. The van der Waals surface area contributed by atoms with E-state index in [1.165, 1.54) is 12.1 Å². The minimum absolute atomic E-state index is 0.215. The molecule has 1 unspecified atom stereocenters. The standard InChI is InChI=1S/C18H23FN4/c1-12-13(2)21-18(22-16-8-9-23(3)11-16)17(20-12)10-14-4-6-15(19)7-5-14/h4-7,16H,8-11H2,1-3H3,(H,21,22). The van der Waals surface area contributed by atoms with Crippen molar-refractivity contribution in [3.63, 3.8) is 0 Å². The van der Waals surface area contributed by atoms with Gasteiger partial charge in [0.25, 0.3) is 0 Å². The number of nitrogens with one attached hydrogen (secondary N) is 1. The smallest absolute Gasteiger partial charge is 0.148 e. The van der Waals surface area contributed by atoms with E-state index in [1.807, 2.05) is 13.8 Å². The molecule has 0 amide bonds. The molecule has 1 saturated heterocycles. The van der Waals surface area contributed by atoms with Gasteiger partial charge in [-0.1, -0.05) is 12.1 Å². The predicted octanol–water partition coefficient (Wildman–Crippen LogP) is 2.94. The fraction of sp³-hybridized carbons (Fsp3) is 0.444. The van der Waals surface area contributed by atoms with Crippen LogP contribution in [-0.2, 0) is 6.42 Å². The van der Waals surface area contributed by atoms with Crippen molar-refractivity contribution in [2.75, 3.05) is 25.5 Å². The number of rotatable bonds is 4. The fourth-order valence-electron chi connectivity index (χ4n) is 2.93. The molecule has 1 N–H and O–H groups in total.